The number of ether oxygens (including phenoxy) is 3. The molecule has 4 aromatic rings. The highest BCUT2D eigenvalue weighted by molar-refractivity contribution is 5.67. The van der Waals surface area contributed by atoms with E-state index in [1.807, 2.05) is 30.3 Å². The van der Waals surface area contributed by atoms with Crippen molar-refractivity contribution in [2.75, 3.05) is 32.1 Å². The maximum Gasteiger partial charge on any atom is 0.423 e. The number of hydrogen-bond donors (Lipinski definition) is 1. The van der Waals surface area contributed by atoms with Crippen LogP contribution in [0, 0.1) is 0 Å². The zero-order valence-corrected chi connectivity index (χ0v) is 26.0. The van der Waals surface area contributed by atoms with Gasteiger partial charge in [-0.15, -0.1) is 5.10 Å². The highest BCUT2D eigenvalue weighted by Crippen LogP contribution is 2.32. The molecule has 15 heteroatoms. The van der Waals surface area contributed by atoms with Crippen LogP contribution in [0.1, 0.15) is 48.2 Å². The predicted molar refractivity (Wildman–Crippen MR) is 165 cm³/mol. The van der Waals surface area contributed by atoms with E-state index in [1.165, 1.54) is 7.11 Å². The number of piperidine rings is 1. The number of carbonyl (C=O) groups is 1. The van der Waals surface area contributed by atoms with Crippen LogP contribution in [0.3, 0.4) is 0 Å². The molecule has 1 unspecified atom stereocenters. The van der Waals surface area contributed by atoms with Crippen LogP contribution in [0.4, 0.5) is 23.7 Å². The Morgan fingerprint density at radius 2 is 1.77 bits per heavy atom. The number of nitrogens with zero attached hydrogens (tertiary/aromatic N) is 6. The lowest BCUT2D eigenvalue weighted by Crippen LogP contribution is -2.39. The van der Waals surface area contributed by atoms with Crippen LogP contribution < -0.4 is 15.6 Å². The Labute approximate surface area is 269 Å². The van der Waals surface area contributed by atoms with Crippen molar-refractivity contribution in [3.63, 3.8) is 0 Å². The van der Waals surface area contributed by atoms with Crippen molar-refractivity contribution in [2.24, 2.45) is 0 Å². The van der Waals surface area contributed by atoms with Crippen molar-refractivity contribution < 1.29 is 32.2 Å². The van der Waals surface area contributed by atoms with Gasteiger partial charge in [0.1, 0.15) is 23.6 Å². The standard InChI is InChI=1S/C32H36F3N7O5/c1-22(37-28-16-36-42(30(43)29(28)32(33,34)35)17-23-8-10-27(45-2)11-9-23)19-46-21-25-18-41(39-38-25)26-12-14-40(15-13-26)31(44)47-20-24-6-4-3-5-7-24/h3-11,16,18,22,26,37H,12-15,17,19-21H2,1-2H3. The predicted octanol–water partition coefficient (Wildman–Crippen LogP) is 4.90. The topological polar surface area (TPSA) is 126 Å². The van der Waals surface area contributed by atoms with Crippen LogP contribution in [0.25, 0.3) is 0 Å². The molecule has 1 amide bonds. The first-order valence-electron chi connectivity index (χ1n) is 15.1. The molecule has 250 valence electrons. The number of aromatic nitrogens is 5. The Balaban J connectivity index is 1.09. The molecule has 1 fully saturated rings. The van der Waals surface area contributed by atoms with Gasteiger partial charge in [0.15, 0.2) is 0 Å². The Morgan fingerprint density at radius 1 is 1.04 bits per heavy atom. The van der Waals surface area contributed by atoms with Crippen molar-refractivity contribution in [3.05, 3.63) is 99.7 Å². The van der Waals surface area contributed by atoms with Crippen molar-refractivity contribution in [1.82, 2.24) is 29.7 Å². The van der Waals surface area contributed by atoms with Gasteiger partial charge in [-0.25, -0.2) is 14.2 Å². The molecular formula is C32H36F3N7O5. The molecule has 0 saturated carbocycles. The summed E-state index contributed by atoms with van der Waals surface area (Å²) in [5, 5.41) is 15.1. The first-order valence-corrected chi connectivity index (χ1v) is 15.1. The molecule has 1 N–H and O–H groups in total. The maximum atomic E-state index is 14.0. The summed E-state index contributed by atoms with van der Waals surface area (Å²) >= 11 is 0. The molecule has 1 aliphatic rings. The van der Waals surface area contributed by atoms with E-state index in [0.29, 0.717) is 42.9 Å². The molecule has 0 spiro atoms. The largest absolute Gasteiger partial charge is 0.497 e. The van der Waals surface area contributed by atoms with Crippen LogP contribution in [-0.4, -0.2) is 68.6 Å². The first-order chi connectivity index (χ1) is 22.6. The van der Waals surface area contributed by atoms with Gasteiger partial charge < -0.3 is 24.4 Å². The molecule has 2 aromatic carbocycles. The van der Waals surface area contributed by atoms with Gasteiger partial charge in [0.2, 0.25) is 0 Å². The van der Waals surface area contributed by atoms with E-state index in [4.69, 9.17) is 14.2 Å². The number of nitrogens with one attached hydrogen (secondary N) is 1. The highest BCUT2D eigenvalue weighted by atomic mass is 19.4. The second-order valence-electron chi connectivity index (χ2n) is 11.3. The van der Waals surface area contributed by atoms with Crippen molar-refractivity contribution in [2.45, 2.75) is 57.8 Å². The van der Waals surface area contributed by atoms with Crippen LogP contribution in [-0.2, 0) is 35.4 Å². The minimum atomic E-state index is -4.90. The second-order valence-corrected chi connectivity index (χ2v) is 11.3. The van der Waals surface area contributed by atoms with E-state index in [9.17, 15) is 22.8 Å². The SMILES string of the molecule is COc1ccc(Cn2ncc(NC(C)COCc3cn(C4CCN(C(=O)OCc5ccccc5)CC4)nn3)c(C(F)(F)F)c2=O)cc1. The maximum absolute atomic E-state index is 14.0. The summed E-state index contributed by atoms with van der Waals surface area (Å²) in [6, 6.07) is 15.6. The van der Waals surface area contributed by atoms with Gasteiger partial charge in [0.25, 0.3) is 5.56 Å². The molecule has 1 saturated heterocycles. The summed E-state index contributed by atoms with van der Waals surface area (Å²) in [6.07, 6.45) is -1.12. The van der Waals surface area contributed by atoms with Crippen LogP contribution >= 0.6 is 0 Å². The zero-order valence-electron chi connectivity index (χ0n) is 26.0. The smallest absolute Gasteiger partial charge is 0.423 e. The van der Waals surface area contributed by atoms with Crippen LogP contribution in [0.5, 0.6) is 5.75 Å². The third-order valence-electron chi connectivity index (χ3n) is 7.70. The van der Waals surface area contributed by atoms with Gasteiger partial charge in [-0.2, -0.15) is 18.3 Å². The van der Waals surface area contributed by atoms with Gasteiger partial charge in [-0.1, -0.05) is 47.7 Å². The number of benzene rings is 2. The number of alkyl halides is 3. The van der Waals surface area contributed by atoms with E-state index < -0.39 is 29.0 Å². The van der Waals surface area contributed by atoms with Crippen molar-refractivity contribution in [1.29, 1.82) is 0 Å². The average Bonchev–Trinajstić information content (AvgIpc) is 3.54. The summed E-state index contributed by atoms with van der Waals surface area (Å²) in [5.74, 6) is 0.585. The fourth-order valence-electron chi connectivity index (χ4n) is 5.22. The van der Waals surface area contributed by atoms with Gasteiger partial charge >= 0.3 is 12.3 Å². The minimum absolute atomic E-state index is 0.0303. The number of halogens is 3. The van der Waals surface area contributed by atoms with Gasteiger partial charge in [-0.3, -0.25) is 4.79 Å². The first kappa shape index (κ1) is 33.4. The molecule has 0 aliphatic carbocycles. The molecule has 0 radical (unpaired) electrons. The number of carbonyl (C=O) groups excluding carboxylic acids is 1. The van der Waals surface area contributed by atoms with E-state index in [-0.39, 0.29) is 38.5 Å². The second kappa shape index (κ2) is 15.1. The molecular weight excluding hydrogens is 619 g/mol. The quantitative estimate of drug-likeness (QED) is 0.227. The molecule has 47 heavy (non-hydrogen) atoms. The number of amides is 1. The third-order valence-corrected chi connectivity index (χ3v) is 7.70. The summed E-state index contributed by atoms with van der Waals surface area (Å²) in [4.78, 5) is 27.0. The van der Waals surface area contributed by atoms with E-state index in [2.05, 4.69) is 20.7 Å². The normalized spacial score (nSPS) is 14.5. The van der Waals surface area contributed by atoms with Crippen molar-refractivity contribution >= 4 is 11.8 Å². The summed E-state index contributed by atoms with van der Waals surface area (Å²) in [7, 11) is 1.50. The molecule has 5 rings (SSSR count). The Hall–Kier alpha value is -4.92. The third kappa shape index (κ3) is 8.87. The Bertz CT molecular complexity index is 1670. The summed E-state index contributed by atoms with van der Waals surface area (Å²) in [5.41, 5.74) is -0.930. The summed E-state index contributed by atoms with van der Waals surface area (Å²) < 4.78 is 60.7. The Morgan fingerprint density at radius 3 is 2.45 bits per heavy atom. The molecule has 12 nitrogen and oxygen atoms in total. The van der Waals surface area contributed by atoms with Gasteiger partial charge in [0.05, 0.1) is 51.0 Å². The van der Waals surface area contributed by atoms with E-state index >= 15 is 0 Å². The number of rotatable bonds is 12. The fourth-order valence-corrected chi connectivity index (χ4v) is 5.22. The average molecular weight is 656 g/mol. The number of likely N-dealkylation sites (tertiary alicyclic amines) is 1. The molecule has 3 heterocycles. The number of methoxy groups -OCH3 is 1. The van der Waals surface area contributed by atoms with Crippen LogP contribution in [0.15, 0.2) is 71.8 Å². The lowest BCUT2D eigenvalue weighted by molar-refractivity contribution is -0.138. The minimum Gasteiger partial charge on any atom is -0.497 e. The van der Waals surface area contributed by atoms with Gasteiger partial charge in [-0.05, 0) is 43.0 Å². The molecule has 2 aromatic heterocycles. The molecule has 0 bridgehead atoms. The zero-order chi connectivity index (χ0) is 33.4. The molecule has 1 atom stereocenters. The monoisotopic (exact) mass is 655 g/mol. The highest BCUT2D eigenvalue weighted by Gasteiger charge is 2.38. The van der Waals surface area contributed by atoms with E-state index in [1.54, 1.807) is 47.0 Å². The number of hydrogen-bond acceptors (Lipinski definition) is 9. The van der Waals surface area contributed by atoms with Crippen LogP contribution in [0.2, 0.25) is 0 Å². The lowest BCUT2D eigenvalue weighted by atomic mass is 10.1. The molecule has 1 aliphatic heterocycles. The number of anilines is 1. The Kier molecular flexibility index (Phi) is 10.8. The van der Waals surface area contributed by atoms with Crippen molar-refractivity contribution in [3.8, 4) is 5.75 Å². The summed E-state index contributed by atoms with van der Waals surface area (Å²) in [6.45, 7) is 2.89. The lowest BCUT2D eigenvalue weighted by Gasteiger charge is -2.31. The van der Waals surface area contributed by atoms with Gasteiger partial charge in [0, 0.05) is 19.1 Å². The fraction of sp³-hybridized carbons (Fsp3) is 0.406. The van der Waals surface area contributed by atoms with E-state index in [0.717, 1.165) is 16.4 Å².